The number of halogens is 1. The van der Waals surface area contributed by atoms with Crippen LogP contribution in [0.4, 0.5) is 10.1 Å². The molecule has 4 rings (SSSR count). The zero-order chi connectivity index (χ0) is 24.2. The van der Waals surface area contributed by atoms with Gasteiger partial charge in [-0.05, 0) is 42.0 Å². The van der Waals surface area contributed by atoms with Gasteiger partial charge in [-0.25, -0.2) is 14.0 Å². The summed E-state index contributed by atoms with van der Waals surface area (Å²) < 4.78 is 20.2. The summed E-state index contributed by atoms with van der Waals surface area (Å²) in [6.07, 6.45) is 0. The van der Waals surface area contributed by atoms with Gasteiger partial charge < -0.3 is 10.1 Å². The van der Waals surface area contributed by atoms with E-state index in [4.69, 9.17) is 4.74 Å². The van der Waals surface area contributed by atoms with Crippen molar-refractivity contribution in [1.29, 1.82) is 0 Å². The lowest BCUT2D eigenvalue weighted by molar-refractivity contribution is -0.116. The molecule has 0 fully saturated rings. The number of benzene rings is 3. The summed E-state index contributed by atoms with van der Waals surface area (Å²) in [5.74, 6) is -1.63. The molecule has 0 saturated heterocycles. The number of fused-ring (bicyclic) bond motifs is 1. The minimum Gasteiger partial charge on any atom is -0.465 e. The highest BCUT2D eigenvalue weighted by Crippen LogP contribution is 2.16. The predicted octanol–water partition coefficient (Wildman–Crippen LogP) is 2.78. The fourth-order valence-corrected chi connectivity index (χ4v) is 3.65. The van der Waals surface area contributed by atoms with E-state index in [0.717, 1.165) is 4.57 Å². The monoisotopic (exact) mass is 461 g/mol. The second-order valence-corrected chi connectivity index (χ2v) is 7.49. The number of amides is 1. The van der Waals surface area contributed by atoms with E-state index < -0.39 is 35.5 Å². The molecule has 1 aromatic heterocycles. The number of ether oxygens (including phenoxy) is 1. The molecule has 0 radical (unpaired) electrons. The minimum atomic E-state index is -0.690. The van der Waals surface area contributed by atoms with Crippen molar-refractivity contribution in [3.05, 3.63) is 111 Å². The molecule has 1 heterocycles. The number of hydrogen-bond acceptors (Lipinski definition) is 5. The van der Waals surface area contributed by atoms with Gasteiger partial charge in [0.1, 0.15) is 12.4 Å². The maximum absolute atomic E-state index is 13.3. The number of rotatable bonds is 6. The normalized spacial score (nSPS) is 10.8. The number of methoxy groups -OCH3 is 1. The van der Waals surface area contributed by atoms with E-state index in [1.807, 2.05) is 0 Å². The van der Waals surface area contributed by atoms with Crippen molar-refractivity contribution in [3.63, 3.8) is 0 Å². The molecular formula is C25H20FN3O5. The first kappa shape index (κ1) is 22.7. The molecule has 0 saturated carbocycles. The Morgan fingerprint density at radius 1 is 0.912 bits per heavy atom. The number of hydrogen-bond donors (Lipinski definition) is 1. The molecule has 8 nitrogen and oxygen atoms in total. The summed E-state index contributed by atoms with van der Waals surface area (Å²) in [6, 6.07) is 18.2. The van der Waals surface area contributed by atoms with Gasteiger partial charge in [-0.1, -0.05) is 36.4 Å². The molecular weight excluding hydrogens is 441 g/mol. The molecule has 1 N–H and O–H groups in total. The zero-order valence-electron chi connectivity index (χ0n) is 18.2. The van der Waals surface area contributed by atoms with Crippen molar-refractivity contribution in [2.24, 2.45) is 0 Å². The van der Waals surface area contributed by atoms with Crippen LogP contribution in [0.3, 0.4) is 0 Å². The van der Waals surface area contributed by atoms with E-state index in [9.17, 15) is 23.6 Å². The molecule has 4 aromatic rings. The molecule has 0 aliphatic carbocycles. The number of para-hydroxylation sites is 2. The minimum absolute atomic E-state index is 0.0877. The van der Waals surface area contributed by atoms with E-state index in [0.29, 0.717) is 11.1 Å². The van der Waals surface area contributed by atoms with Crippen LogP contribution in [0.25, 0.3) is 10.9 Å². The highest BCUT2D eigenvalue weighted by Gasteiger charge is 2.18. The highest BCUT2D eigenvalue weighted by atomic mass is 19.1. The number of esters is 1. The van der Waals surface area contributed by atoms with Gasteiger partial charge in [0.25, 0.3) is 5.56 Å². The number of nitrogens with zero attached hydrogens (tertiary/aromatic N) is 2. The molecule has 34 heavy (non-hydrogen) atoms. The van der Waals surface area contributed by atoms with Gasteiger partial charge in [-0.15, -0.1) is 0 Å². The van der Waals surface area contributed by atoms with E-state index in [1.54, 1.807) is 42.5 Å². The average molecular weight is 461 g/mol. The van der Waals surface area contributed by atoms with Gasteiger partial charge in [-0.2, -0.15) is 0 Å². The fourth-order valence-electron chi connectivity index (χ4n) is 3.65. The molecule has 0 spiro atoms. The molecule has 0 atom stereocenters. The van der Waals surface area contributed by atoms with Crippen LogP contribution in [0.5, 0.6) is 0 Å². The molecule has 3 aromatic carbocycles. The van der Waals surface area contributed by atoms with Crippen LogP contribution in [0.2, 0.25) is 0 Å². The van der Waals surface area contributed by atoms with Gasteiger partial charge in [0.05, 0.1) is 35.8 Å². The lowest BCUT2D eigenvalue weighted by Crippen LogP contribution is -2.42. The van der Waals surface area contributed by atoms with Crippen molar-refractivity contribution in [2.75, 3.05) is 12.4 Å². The van der Waals surface area contributed by atoms with Crippen LogP contribution in [-0.4, -0.2) is 28.1 Å². The summed E-state index contributed by atoms with van der Waals surface area (Å²) in [5.41, 5.74) is 0.0402. The Balaban J connectivity index is 1.73. The van der Waals surface area contributed by atoms with Crippen LogP contribution in [0.1, 0.15) is 15.9 Å². The first-order chi connectivity index (χ1) is 16.4. The number of carbonyl (C=O) groups is 2. The van der Waals surface area contributed by atoms with Crippen LogP contribution >= 0.6 is 0 Å². The van der Waals surface area contributed by atoms with Crippen molar-refractivity contribution < 1.29 is 18.7 Å². The Kier molecular flexibility index (Phi) is 6.35. The summed E-state index contributed by atoms with van der Waals surface area (Å²) in [4.78, 5) is 51.2. The Hall–Kier alpha value is -4.53. The molecule has 9 heteroatoms. The maximum Gasteiger partial charge on any atom is 0.339 e. The lowest BCUT2D eigenvalue weighted by Gasteiger charge is -2.15. The van der Waals surface area contributed by atoms with E-state index >= 15 is 0 Å². The molecule has 1 amide bonds. The first-order valence-corrected chi connectivity index (χ1v) is 10.3. The first-order valence-electron chi connectivity index (χ1n) is 10.3. The van der Waals surface area contributed by atoms with Gasteiger partial charge in [0.15, 0.2) is 0 Å². The topological polar surface area (TPSA) is 99.4 Å². The van der Waals surface area contributed by atoms with Crippen LogP contribution in [-0.2, 0) is 22.6 Å². The third-order valence-corrected chi connectivity index (χ3v) is 5.29. The van der Waals surface area contributed by atoms with Crippen molar-refractivity contribution in [2.45, 2.75) is 13.1 Å². The maximum atomic E-state index is 13.3. The largest absolute Gasteiger partial charge is 0.465 e. The third kappa shape index (κ3) is 4.49. The van der Waals surface area contributed by atoms with E-state index in [-0.39, 0.29) is 23.2 Å². The number of carbonyl (C=O) groups excluding carboxylic acids is 2. The van der Waals surface area contributed by atoms with Crippen LogP contribution in [0, 0.1) is 5.82 Å². The number of anilines is 1. The Bertz CT molecular complexity index is 1510. The van der Waals surface area contributed by atoms with Crippen LogP contribution < -0.4 is 16.6 Å². The summed E-state index contributed by atoms with van der Waals surface area (Å²) in [5, 5.41) is 2.88. The number of aromatic nitrogens is 2. The molecule has 172 valence electrons. The second kappa shape index (κ2) is 9.53. The van der Waals surface area contributed by atoms with Crippen molar-refractivity contribution >= 4 is 28.5 Å². The van der Waals surface area contributed by atoms with E-state index in [2.05, 4.69) is 5.32 Å². The third-order valence-electron chi connectivity index (χ3n) is 5.29. The molecule has 0 aliphatic heterocycles. The van der Waals surface area contributed by atoms with Gasteiger partial charge in [0, 0.05) is 0 Å². The molecule has 0 unspecified atom stereocenters. The Morgan fingerprint density at radius 3 is 2.32 bits per heavy atom. The highest BCUT2D eigenvalue weighted by molar-refractivity contribution is 6.01. The molecule has 0 bridgehead atoms. The fraction of sp³-hybridized carbons (Fsp3) is 0.120. The summed E-state index contributed by atoms with van der Waals surface area (Å²) >= 11 is 0. The zero-order valence-corrected chi connectivity index (χ0v) is 18.2. The Labute approximate surface area is 192 Å². The predicted molar refractivity (Wildman–Crippen MR) is 124 cm³/mol. The summed E-state index contributed by atoms with van der Waals surface area (Å²) in [6.45, 7) is -0.492. The standard InChI is InChI=1S/C25H20FN3O5/c1-34-24(32)18-6-2-4-8-20(18)27-22(30)15-28-21-9-5-3-7-19(21)23(31)29(25(28)33)14-16-10-12-17(26)13-11-16/h2-13H,14-15H2,1H3,(H,27,30). The van der Waals surface area contributed by atoms with Crippen LogP contribution in [0.15, 0.2) is 82.4 Å². The van der Waals surface area contributed by atoms with Crippen molar-refractivity contribution in [1.82, 2.24) is 9.13 Å². The lowest BCUT2D eigenvalue weighted by atomic mass is 10.2. The molecule has 0 aliphatic rings. The average Bonchev–Trinajstić information content (AvgIpc) is 2.85. The quantitative estimate of drug-likeness (QED) is 0.445. The Morgan fingerprint density at radius 2 is 1.59 bits per heavy atom. The van der Waals surface area contributed by atoms with Gasteiger partial charge in [-0.3, -0.25) is 18.7 Å². The van der Waals surface area contributed by atoms with Crippen molar-refractivity contribution in [3.8, 4) is 0 Å². The second-order valence-electron chi connectivity index (χ2n) is 7.49. The van der Waals surface area contributed by atoms with Gasteiger partial charge >= 0.3 is 11.7 Å². The summed E-state index contributed by atoms with van der Waals surface area (Å²) in [7, 11) is 1.23. The van der Waals surface area contributed by atoms with Gasteiger partial charge in [0.2, 0.25) is 5.91 Å². The number of nitrogens with one attached hydrogen (secondary N) is 1. The SMILES string of the molecule is COC(=O)c1ccccc1NC(=O)Cn1c(=O)n(Cc2ccc(F)cc2)c(=O)c2ccccc21. The smallest absolute Gasteiger partial charge is 0.339 e. The van der Waals surface area contributed by atoms with E-state index in [1.165, 1.54) is 42.0 Å².